The van der Waals surface area contributed by atoms with Crippen LogP contribution < -0.4 is 9.37 Å². The van der Waals surface area contributed by atoms with E-state index in [2.05, 4.69) is 4.18 Å². The van der Waals surface area contributed by atoms with Crippen LogP contribution in [0.1, 0.15) is 24.2 Å². The molecule has 0 spiro atoms. The molecule has 0 aliphatic rings. The molecule has 0 aliphatic heterocycles. The molecule has 0 amide bonds. The molecule has 1 aromatic carbocycles. The molecule has 114 valence electrons. The third-order valence-corrected chi connectivity index (χ3v) is 8.62. The van der Waals surface area contributed by atoms with Crippen molar-refractivity contribution in [3.05, 3.63) is 23.8 Å². The fourth-order valence-corrected chi connectivity index (χ4v) is 4.10. The zero-order valence-electron chi connectivity index (χ0n) is 11.7. The normalized spacial score (nSPS) is 11.9. The molecule has 1 aromatic rings. The molecule has 9 heteroatoms. The van der Waals surface area contributed by atoms with Gasteiger partial charge in [-0.25, -0.2) is 4.79 Å². The van der Waals surface area contributed by atoms with E-state index in [0.29, 0.717) is 5.19 Å². The molecule has 0 atom stereocenters. The van der Waals surface area contributed by atoms with Crippen LogP contribution in [-0.2, 0) is 10.4 Å². The Balaban J connectivity index is 0.00000400. The minimum atomic E-state index is -4.78. The Morgan fingerprint density at radius 2 is 1.81 bits per heavy atom. The first-order chi connectivity index (χ1) is 8.97. The standard InChI is InChI=1S/C12H18O6SSi.Li.H/c1-8(2)20(3,4)10-7-5-6-9(12(13)14)11(10)18-19(15,16)17;;/h5-8H,1-4H3,(H,13,14)(H,15,16,17);;. The van der Waals surface area contributed by atoms with Gasteiger partial charge < -0.3 is 9.29 Å². The van der Waals surface area contributed by atoms with Gasteiger partial charge in [0.2, 0.25) is 0 Å². The van der Waals surface area contributed by atoms with Gasteiger partial charge in [0.15, 0.2) is 5.75 Å². The van der Waals surface area contributed by atoms with Crippen LogP contribution in [0.25, 0.3) is 0 Å². The van der Waals surface area contributed by atoms with Gasteiger partial charge in [0, 0.05) is 0 Å². The van der Waals surface area contributed by atoms with Crippen LogP contribution in [-0.4, -0.2) is 51.0 Å². The molecule has 0 bridgehead atoms. The summed E-state index contributed by atoms with van der Waals surface area (Å²) in [7, 11) is -6.93. The second kappa shape index (κ2) is 6.98. The van der Waals surface area contributed by atoms with Crippen molar-refractivity contribution in [3.63, 3.8) is 0 Å². The Bertz CT molecular complexity index is 627. The minimum absolute atomic E-state index is 0. The van der Waals surface area contributed by atoms with Crippen molar-refractivity contribution in [3.8, 4) is 5.75 Å². The summed E-state index contributed by atoms with van der Waals surface area (Å²) in [6.45, 7) is 7.93. The Morgan fingerprint density at radius 1 is 1.29 bits per heavy atom. The number of carboxylic acid groups (broad SMARTS) is 1. The van der Waals surface area contributed by atoms with Crippen LogP contribution in [0.15, 0.2) is 18.2 Å². The van der Waals surface area contributed by atoms with Crippen molar-refractivity contribution in [2.45, 2.75) is 32.5 Å². The Kier molecular flexibility index (Phi) is 6.72. The summed E-state index contributed by atoms with van der Waals surface area (Å²) in [6.07, 6.45) is 0. The van der Waals surface area contributed by atoms with Gasteiger partial charge in [0.1, 0.15) is 5.56 Å². The predicted octanol–water partition coefficient (Wildman–Crippen LogP) is 1.24. The van der Waals surface area contributed by atoms with Crippen LogP contribution in [0.3, 0.4) is 0 Å². The van der Waals surface area contributed by atoms with Crippen LogP contribution in [0.5, 0.6) is 5.75 Å². The Morgan fingerprint density at radius 3 is 2.19 bits per heavy atom. The number of benzene rings is 1. The average Bonchev–Trinajstić information content (AvgIpc) is 2.26. The summed E-state index contributed by atoms with van der Waals surface area (Å²) >= 11 is 0. The van der Waals surface area contributed by atoms with Gasteiger partial charge >= 0.3 is 35.2 Å². The van der Waals surface area contributed by atoms with Crippen molar-refractivity contribution in [1.29, 1.82) is 0 Å². The van der Waals surface area contributed by atoms with Crippen molar-refractivity contribution in [2.75, 3.05) is 0 Å². The number of rotatable bonds is 5. The van der Waals surface area contributed by atoms with Gasteiger partial charge in [-0.2, -0.15) is 8.42 Å². The van der Waals surface area contributed by atoms with E-state index in [1.54, 1.807) is 12.1 Å². The maximum atomic E-state index is 11.2. The average molecular weight is 326 g/mol. The van der Waals surface area contributed by atoms with Gasteiger partial charge in [0.25, 0.3) is 0 Å². The molecule has 0 saturated heterocycles. The summed E-state index contributed by atoms with van der Waals surface area (Å²) < 4.78 is 35.4. The van der Waals surface area contributed by atoms with Crippen LogP contribution in [0.4, 0.5) is 0 Å². The molecule has 0 aliphatic carbocycles. The molecule has 0 aromatic heterocycles. The van der Waals surface area contributed by atoms with E-state index in [9.17, 15) is 13.2 Å². The van der Waals surface area contributed by atoms with E-state index in [1.165, 1.54) is 6.07 Å². The quantitative estimate of drug-likeness (QED) is 0.624. The SMILES string of the molecule is CC(C)[Si](C)(C)c1cccc(C(=O)O)c1OS(=O)(=O)O.[LiH]. The second-order valence-electron chi connectivity index (χ2n) is 5.37. The summed E-state index contributed by atoms with van der Waals surface area (Å²) in [6, 6.07) is 4.45. The van der Waals surface area contributed by atoms with Crippen LogP contribution in [0, 0.1) is 0 Å². The first kappa shape index (κ1) is 20.2. The summed E-state index contributed by atoms with van der Waals surface area (Å²) in [5.74, 6) is -1.59. The first-order valence-corrected chi connectivity index (χ1v) is 10.4. The van der Waals surface area contributed by atoms with Crippen molar-refractivity contribution >= 4 is 48.5 Å². The zero-order valence-corrected chi connectivity index (χ0v) is 13.6. The molecular weight excluding hydrogens is 307 g/mol. The number of para-hydroxylation sites is 1. The number of carbonyl (C=O) groups is 1. The van der Waals surface area contributed by atoms with E-state index in [1.807, 2.05) is 26.9 Å². The van der Waals surface area contributed by atoms with E-state index < -0.39 is 24.4 Å². The van der Waals surface area contributed by atoms with Crippen molar-refractivity contribution in [2.24, 2.45) is 0 Å². The van der Waals surface area contributed by atoms with E-state index >= 15 is 0 Å². The fraction of sp³-hybridized carbons (Fsp3) is 0.417. The maximum absolute atomic E-state index is 11.2. The topological polar surface area (TPSA) is 101 Å². The van der Waals surface area contributed by atoms with E-state index in [0.717, 1.165) is 0 Å². The first-order valence-electron chi connectivity index (χ1n) is 6.00. The molecule has 6 nitrogen and oxygen atoms in total. The molecule has 2 N–H and O–H groups in total. The molecule has 0 unspecified atom stereocenters. The summed E-state index contributed by atoms with van der Waals surface area (Å²) in [4.78, 5) is 11.2. The molecule has 0 saturated carbocycles. The monoisotopic (exact) mass is 326 g/mol. The Labute approximate surface area is 137 Å². The van der Waals surface area contributed by atoms with Gasteiger partial charge in [-0.05, 0) is 16.8 Å². The van der Waals surface area contributed by atoms with E-state index in [4.69, 9.17) is 9.66 Å². The van der Waals surface area contributed by atoms with E-state index in [-0.39, 0.29) is 35.7 Å². The zero-order chi connectivity index (χ0) is 15.7. The third-order valence-electron chi connectivity index (χ3n) is 3.57. The molecule has 0 radical (unpaired) electrons. The van der Waals surface area contributed by atoms with Gasteiger partial charge in [0.05, 0.1) is 8.07 Å². The Hall–Kier alpha value is -0.786. The van der Waals surface area contributed by atoms with Gasteiger partial charge in [-0.3, -0.25) is 4.55 Å². The van der Waals surface area contributed by atoms with Crippen molar-refractivity contribution < 1.29 is 27.1 Å². The second-order valence-corrected chi connectivity index (χ2v) is 11.5. The number of carboxylic acids is 1. The molecule has 21 heavy (non-hydrogen) atoms. The number of hydrogen-bond acceptors (Lipinski definition) is 4. The molecular formula is C12H19LiO6SSi. The molecule has 1 rings (SSSR count). The summed E-state index contributed by atoms with van der Waals surface area (Å²) in [5, 5.41) is 9.70. The van der Waals surface area contributed by atoms with Crippen molar-refractivity contribution in [1.82, 2.24) is 0 Å². The molecule has 0 fully saturated rings. The fourth-order valence-electron chi connectivity index (χ4n) is 1.72. The summed E-state index contributed by atoms with van der Waals surface area (Å²) in [5.41, 5.74) is -0.0448. The van der Waals surface area contributed by atoms with Gasteiger partial charge in [-0.1, -0.05) is 39.1 Å². The number of aromatic carboxylic acids is 1. The van der Waals surface area contributed by atoms with Gasteiger partial charge in [-0.15, -0.1) is 0 Å². The number of hydrogen-bond donors (Lipinski definition) is 2. The van der Waals surface area contributed by atoms with Crippen LogP contribution >= 0.6 is 0 Å². The third kappa shape index (κ3) is 4.86. The predicted molar refractivity (Wildman–Crippen MR) is 84.9 cm³/mol. The molecule has 0 heterocycles. The van der Waals surface area contributed by atoms with Crippen LogP contribution in [0.2, 0.25) is 18.6 Å².